The number of fused-ring (bicyclic) bond motifs is 4. The van der Waals surface area contributed by atoms with Crippen LogP contribution in [0.3, 0.4) is 0 Å². The van der Waals surface area contributed by atoms with E-state index in [-0.39, 0.29) is 0 Å². The monoisotopic (exact) mass is 454 g/mol. The Balaban J connectivity index is 1.40. The molecule has 0 saturated heterocycles. The molecule has 2 heterocycles. The standard InChI is InChI=1S/C30H19BS2/c1-3-8-20(9-4-1)22-14-16-24-28(18-22)32-26-12-7-13-27-30(26)31(24)25-17-15-23(19-29(25)33-27)21-10-5-2-6-11-21/h1-19H. The van der Waals surface area contributed by atoms with Gasteiger partial charge in [-0.15, -0.1) is 0 Å². The first-order valence-electron chi connectivity index (χ1n) is 11.2. The van der Waals surface area contributed by atoms with Gasteiger partial charge >= 0.3 is 0 Å². The summed E-state index contributed by atoms with van der Waals surface area (Å²) in [5.74, 6) is 0. The molecule has 0 aliphatic carbocycles. The van der Waals surface area contributed by atoms with Crippen LogP contribution in [0.4, 0.5) is 0 Å². The van der Waals surface area contributed by atoms with Crippen LogP contribution in [0, 0.1) is 0 Å². The molecule has 33 heavy (non-hydrogen) atoms. The summed E-state index contributed by atoms with van der Waals surface area (Å²) < 4.78 is 0. The van der Waals surface area contributed by atoms with Gasteiger partial charge in [0, 0.05) is 19.6 Å². The fourth-order valence-corrected chi connectivity index (χ4v) is 7.53. The molecule has 5 aromatic rings. The van der Waals surface area contributed by atoms with Gasteiger partial charge < -0.3 is 0 Å². The van der Waals surface area contributed by atoms with Crippen molar-refractivity contribution in [2.75, 3.05) is 0 Å². The Morgan fingerprint density at radius 3 is 1.36 bits per heavy atom. The quantitative estimate of drug-likeness (QED) is 0.275. The average Bonchev–Trinajstić information content (AvgIpc) is 2.89. The van der Waals surface area contributed by atoms with Crippen molar-refractivity contribution >= 4 is 46.6 Å². The van der Waals surface area contributed by atoms with E-state index in [9.17, 15) is 0 Å². The van der Waals surface area contributed by atoms with E-state index in [1.165, 1.54) is 58.2 Å². The second-order valence-electron chi connectivity index (χ2n) is 8.54. The van der Waals surface area contributed by atoms with Crippen molar-refractivity contribution in [3.05, 3.63) is 115 Å². The molecule has 5 aromatic carbocycles. The Bertz CT molecular complexity index is 1400. The van der Waals surface area contributed by atoms with E-state index in [1.54, 1.807) is 0 Å². The van der Waals surface area contributed by atoms with E-state index in [4.69, 9.17) is 0 Å². The zero-order chi connectivity index (χ0) is 21.8. The van der Waals surface area contributed by atoms with Gasteiger partial charge in [0.2, 0.25) is 6.71 Å². The van der Waals surface area contributed by atoms with Crippen LogP contribution in [0.2, 0.25) is 0 Å². The molecule has 0 bridgehead atoms. The fraction of sp³-hybridized carbons (Fsp3) is 0. The third-order valence-corrected chi connectivity index (χ3v) is 8.92. The molecule has 154 valence electrons. The second kappa shape index (κ2) is 7.72. The molecule has 2 aliphatic heterocycles. The maximum atomic E-state index is 2.38. The van der Waals surface area contributed by atoms with Crippen LogP contribution < -0.4 is 16.4 Å². The van der Waals surface area contributed by atoms with Gasteiger partial charge in [-0.25, -0.2) is 0 Å². The molecule has 0 saturated carbocycles. The van der Waals surface area contributed by atoms with Gasteiger partial charge in [0.25, 0.3) is 0 Å². The Morgan fingerprint density at radius 1 is 0.394 bits per heavy atom. The zero-order valence-electron chi connectivity index (χ0n) is 17.9. The summed E-state index contributed by atoms with van der Waals surface area (Å²) in [6.45, 7) is 0.290. The lowest BCUT2D eigenvalue weighted by atomic mass is 9.36. The van der Waals surface area contributed by atoms with Gasteiger partial charge in [-0.3, -0.25) is 0 Å². The average molecular weight is 454 g/mol. The van der Waals surface area contributed by atoms with Gasteiger partial charge in [0.05, 0.1) is 0 Å². The lowest BCUT2D eigenvalue weighted by Crippen LogP contribution is -2.57. The highest BCUT2D eigenvalue weighted by molar-refractivity contribution is 8.01. The topological polar surface area (TPSA) is 0 Å². The number of hydrogen-bond donors (Lipinski definition) is 0. The van der Waals surface area contributed by atoms with E-state index in [0.29, 0.717) is 6.71 Å². The lowest BCUT2D eigenvalue weighted by molar-refractivity contribution is 1.33. The lowest BCUT2D eigenvalue weighted by Gasteiger charge is -2.33. The van der Waals surface area contributed by atoms with Crippen molar-refractivity contribution < 1.29 is 0 Å². The molecule has 2 aliphatic rings. The fourth-order valence-electron chi connectivity index (χ4n) is 5.04. The van der Waals surface area contributed by atoms with Crippen LogP contribution in [0.5, 0.6) is 0 Å². The van der Waals surface area contributed by atoms with Gasteiger partial charge in [-0.2, -0.15) is 0 Å². The number of hydrogen-bond acceptors (Lipinski definition) is 2. The molecule has 0 unspecified atom stereocenters. The first kappa shape index (κ1) is 19.3. The highest BCUT2D eigenvalue weighted by Gasteiger charge is 2.37. The summed E-state index contributed by atoms with van der Waals surface area (Å²) in [5, 5.41) is 0. The summed E-state index contributed by atoms with van der Waals surface area (Å²) >= 11 is 3.84. The Morgan fingerprint density at radius 2 is 0.879 bits per heavy atom. The molecule has 0 fully saturated rings. The molecular formula is C30H19BS2. The van der Waals surface area contributed by atoms with Gasteiger partial charge in [-0.1, -0.05) is 125 Å². The molecule has 0 nitrogen and oxygen atoms in total. The van der Waals surface area contributed by atoms with Crippen molar-refractivity contribution in [2.45, 2.75) is 19.6 Å². The third-order valence-electron chi connectivity index (χ3n) is 6.62. The highest BCUT2D eigenvalue weighted by Crippen LogP contribution is 2.40. The summed E-state index contributed by atoms with van der Waals surface area (Å²) in [6.07, 6.45) is 0. The van der Waals surface area contributed by atoms with E-state index in [2.05, 4.69) is 115 Å². The zero-order valence-corrected chi connectivity index (χ0v) is 19.5. The van der Waals surface area contributed by atoms with Crippen molar-refractivity contribution in [3.8, 4) is 22.3 Å². The van der Waals surface area contributed by atoms with E-state index < -0.39 is 0 Å². The van der Waals surface area contributed by atoms with Crippen LogP contribution >= 0.6 is 23.5 Å². The maximum absolute atomic E-state index is 2.38. The van der Waals surface area contributed by atoms with Crippen LogP contribution in [0.1, 0.15) is 0 Å². The summed E-state index contributed by atoms with van der Waals surface area (Å²) in [7, 11) is 0. The smallest absolute Gasteiger partial charge is 0.0911 e. The molecule has 3 heteroatoms. The minimum atomic E-state index is 0.290. The van der Waals surface area contributed by atoms with Gasteiger partial charge in [0.15, 0.2) is 0 Å². The maximum Gasteiger partial charge on any atom is 0.247 e. The Hall–Kier alpha value is -3.14. The second-order valence-corrected chi connectivity index (χ2v) is 10.7. The largest absolute Gasteiger partial charge is 0.247 e. The van der Waals surface area contributed by atoms with Crippen molar-refractivity contribution in [3.63, 3.8) is 0 Å². The van der Waals surface area contributed by atoms with Crippen LogP contribution in [0.15, 0.2) is 135 Å². The normalized spacial score (nSPS) is 13.2. The minimum absolute atomic E-state index is 0.290. The number of benzene rings is 5. The third kappa shape index (κ3) is 3.19. The summed E-state index contributed by atoms with van der Waals surface area (Å²) in [5.41, 5.74) is 9.44. The molecule has 7 rings (SSSR count). The van der Waals surface area contributed by atoms with Gasteiger partial charge in [0.1, 0.15) is 0 Å². The van der Waals surface area contributed by atoms with E-state index in [0.717, 1.165) is 0 Å². The first-order chi connectivity index (χ1) is 16.3. The molecule has 0 aromatic heterocycles. The van der Waals surface area contributed by atoms with E-state index >= 15 is 0 Å². The van der Waals surface area contributed by atoms with Crippen LogP contribution in [0.25, 0.3) is 22.3 Å². The SMILES string of the molecule is c1ccc(-c2ccc3c(c2)Sc2cccc4c2B3c2ccc(-c3ccccc3)cc2S4)cc1. The molecule has 0 radical (unpaired) electrons. The van der Waals surface area contributed by atoms with Crippen LogP contribution in [-0.2, 0) is 0 Å². The Kier molecular flexibility index (Phi) is 4.53. The van der Waals surface area contributed by atoms with Crippen LogP contribution in [-0.4, -0.2) is 6.71 Å². The summed E-state index contributed by atoms with van der Waals surface area (Å²) in [6, 6.07) is 42.2. The predicted octanol–water partition coefficient (Wildman–Crippen LogP) is 6.47. The molecule has 0 atom stereocenters. The molecule has 0 amide bonds. The van der Waals surface area contributed by atoms with Crippen molar-refractivity contribution in [1.29, 1.82) is 0 Å². The predicted molar refractivity (Wildman–Crippen MR) is 143 cm³/mol. The first-order valence-corrected chi connectivity index (χ1v) is 12.9. The number of rotatable bonds is 2. The van der Waals surface area contributed by atoms with E-state index in [1.807, 2.05) is 23.5 Å². The summed E-state index contributed by atoms with van der Waals surface area (Å²) in [4.78, 5) is 5.52. The Labute approximate surface area is 203 Å². The minimum Gasteiger partial charge on any atom is -0.0911 e. The molecule has 0 spiro atoms. The highest BCUT2D eigenvalue weighted by atomic mass is 32.2. The van der Waals surface area contributed by atoms with Crippen molar-refractivity contribution in [1.82, 2.24) is 0 Å². The molecular weight excluding hydrogens is 435 g/mol. The van der Waals surface area contributed by atoms with Crippen molar-refractivity contribution in [2.24, 2.45) is 0 Å². The molecule has 0 N–H and O–H groups in total. The van der Waals surface area contributed by atoms with Gasteiger partial charge in [-0.05, 0) is 52.0 Å².